The van der Waals surface area contributed by atoms with Gasteiger partial charge in [0.05, 0.1) is 22.5 Å². The molecule has 1 saturated heterocycles. The Morgan fingerprint density at radius 2 is 1.97 bits per heavy atom. The van der Waals surface area contributed by atoms with Crippen LogP contribution in [0.15, 0.2) is 39.1 Å². The highest BCUT2D eigenvalue weighted by Crippen LogP contribution is 2.46. The third-order valence-corrected chi connectivity index (χ3v) is 6.95. The summed E-state index contributed by atoms with van der Waals surface area (Å²) in [4.78, 5) is 33.4. The number of hydrogen-bond donors (Lipinski definition) is 2. The van der Waals surface area contributed by atoms with Crippen LogP contribution < -0.4 is 15.8 Å². The van der Waals surface area contributed by atoms with Crippen molar-refractivity contribution in [3.05, 3.63) is 40.3 Å². The van der Waals surface area contributed by atoms with Gasteiger partial charge in [-0.2, -0.15) is 8.78 Å². The van der Waals surface area contributed by atoms with Crippen LogP contribution in [0.25, 0.3) is 0 Å². The van der Waals surface area contributed by atoms with E-state index in [0.29, 0.717) is 16.3 Å². The van der Waals surface area contributed by atoms with Gasteiger partial charge in [-0.15, -0.1) is 0 Å². The number of alkyl halides is 2. The summed E-state index contributed by atoms with van der Waals surface area (Å²) in [6.07, 6.45) is 4.57. The molecule has 0 unspecified atom stereocenters. The number of halogens is 2. The van der Waals surface area contributed by atoms with Crippen molar-refractivity contribution in [1.82, 2.24) is 9.97 Å². The minimum absolute atomic E-state index is 0.0872. The number of fused-ring (bicyclic) bond motifs is 1. The number of nitrogens with zero attached hydrogens (tertiary/aromatic N) is 2. The van der Waals surface area contributed by atoms with Gasteiger partial charge in [0.25, 0.3) is 11.5 Å². The Hall–Kier alpha value is -2.42. The number of aromatic amines is 1. The molecule has 0 spiro atoms. The van der Waals surface area contributed by atoms with Crippen molar-refractivity contribution in [2.45, 2.75) is 49.0 Å². The topological polar surface area (TPSA) is 78.1 Å². The molecule has 1 aromatic carbocycles. The number of anilines is 2. The van der Waals surface area contributed by atoms with Crippen LogP contribution in [0.4, 0.5) is 20.3 Å². The number of carbonyl (C=O) groups excluding carboxylic acids is 1. The number of H-pyrrole nitrogens is 1. The molecule has 6 nitrogen and oxygen atoms in total. The van der Waals surface area contributed by atoms with E-state index < -0.39 is 11.8 Å². The molecular formula is C20H22F2N4O2S. The molecular weight excluding hydrogens is 398 g/mol. The lowest BCUT2D eigenvalue weighted by Crippen LogP contribution is -2.41. The molecule has 3 heterocycles. The molecule has 0 aliphatic carbocycles. The fraction of sp³-hybridized carbons (Fsp3) is 0.450. The summed E-state index contributed by atoms with van der Waals surface area (Å²) in [6.45, 7) is 5.97. The molecule has 2 aliphatic heterocycles. The Morgan fingerprint density at radius 1 is 1.24 bits per heavy atom. The fourth-order valence-electron chi connectivity index (χ4n) is 3.74. The summed E-state index contributed by atoms with van der Waals surface area (Å²) in [5.74, 6) is -4.59. The first-order chi connectivity index (χ1) is 13.7. The number of piperidine rings is 1. The molecule has 9 heteroatoms. The van der Waals surface area contributed by atoms with E-state index in [4.69, 9.17) is 0 Å². The highest BCUT2D eigenvalue weighted by molar-refractivity contribution is 7.99. The SMILES string of the molecule is CCC1(C)CCN(c2ncc(Sc3cccc4c3C(F)(F)C(=O)N4)[nH]c2=O)CC1. The Balaban J connectivity index is 1.56. The summed E-state index contributed by atoms with van der Waals surface area (Å²) in [7, 11) is 0. The quantitative estimate of drug-likeness (QED) is 0.782. The van der Waals surface area contributed by atoms with Crippen LogP contribution in [0.5, 0.6) is 0 Å². The molecule has 2 aromatic rings. The molecule has 0 bridgehead atoms. The van der Waals surface area contributed by atoms with Gasteiger partial charge in [-0.25, -0.2) is 4.98 Å². The van der Waals surface area contributed by atoms with Crippen LogP contribution in [-0.4, -0.2) is 29.0 Å². The van der Waals surface area contributed by atoms with Crippen molar-refractivity contribution in [2.24, 2.45) is 5.41 Å². The molecule has 4 rings (SSSR count). The van der Waals surface area contributed by atoms with Crippen molar-refractivity contribution >= 4 is 29.2 Å². The minimum Gasteiger partial charge on any atom is -0.352 e. The van der Waals surface area contributed by atoms with E-state index in [0.717, 1.165) is 44.1 Å². The fourth-order valence-corrected chi connectivity index (χ4v) is 4.72. The smallest absolute Gasteiger partial charge is 0.352 e. The minimum atomic E-state index is -3.60. The summed E-state index contributed by atoms with van der Waals surface area (Å²) in [5.41, 5.74) is -0.327. The van der Waals surface area contributed by atoms with Crippen molar-refractivity contribution in [3.63, 3.8) is 0 Å². The number of rotatable bonds is 4. The first-order valence-electron chi connectivity index (χ1n) is 9.58. The maximum Gasteiger partial charge on any atom is 0.353 e. The number of nitrogens with one attached hydrogen (secondary N) is 2. The van der Waals surface area contributed by atoms with Crippen LogP contribution in [0.3, 0.4) is 0 Å². The average Bonchev–Trinajstić information content (AvgIpc) is 2.92. The van der Waals surface area contributed by atoms with Gasteiger partial charge in [0.15, 0.2) is 5.82 Å². The van der Waals surface area contributed by atoms with E-state index in [2.05, 4.69) is 29.1 Å². The molecule has 0 saturated carbocycles. The van der Waals surface area contributed by atoms with Gasteiger partial charge in [0.2, 0.25) is 0 Å². The zero-order valence-electron chi connectivity index (χ0n) is 16.2. The van der Waals surface area contributed by atoms with Crippen molar-refractivity contribution < 1.29 is 13.6 Å². The van der Waals surface area contributed by atoms with E-state index in [-0.39, 0.29) is 21.7 Å². The zero-order chi connectivity index (χ0) is 20.8. The second-order valence-electron chi connectivity index (χ2n) is 7.86. The van der Waals surface area contributed by atoms with Gasteiger partial charge in [-0.3, -0.25) is 9.59 Å². The molecule has 1 aromatic heterocycles. The molecule has 29 heavy (non-hydrogen) atoms. The highest BCUT2D eigenvalue weighted by Gasteiger charge is 2.50. The van der Waals surface area contributed by atoms with Crippen molar-refractivity contribution in [1.29, 1.82) is 0 Å². The van der Waals surface area contributed by atoms with Gasteiger partial charge in [0.1, 0.15) is 0 Å². The summed E-state index contributed by atoms with van der Waals surface area (Å²) in [6, 6.07) is 4.52. The molecule has 2 N–H and O–H groups in total. The lowest BCUT2D eigenvalue weighted by Gasteiger charge is -2.39. The second kappa shape index (κ2) is 7.12. The van der Waals surface area contributed by atoms with E-state index in [1.165, 1.54) is 18.3 Å². The third-order valence-electron chi connectivity index (χ3n) is 5.96. The van der Waals surface area contributed by atoms with E-state index in [9.17, 15) is 18.4 Å². The molecule has 2 aliphatic rings. The zero-order valence-corrected chi connectivity index (χ0v) is 17.0. The van der Waals surface area contributed by atoms with Gasteiger partial charge >= 0.3 is 5.92 Å². The molecule has 1 amide bonds. The first kappa shape index (κ1) is 19.9. The lowest BCUT2D eigenvalue weighted by atomic mass is 9.78. The lowest BCUT2D eigenvalue weighted by molar-refractivity contribution is -0.139. The Labute approximate surface area is 171 Å². The van der Waals surface area contributed by atoms with Crippen LogP contribution >= 0.6 is 11.8 Å². The van der Waals surface area contributed by atoms with Gasteiger partial charge in [-0.1, -0.05) is 38.1 Å². The van der Waals surface area contributed by atoms with Gasteiger partial charge in [-0.05, 0) is 30.4 Å². The Bertz CT molecular complexity index is 1020. The van der Waals surface area contributed by atoms with Crippen molar-refractivity contribution in [3.8, 4) is 0 Å². The number of benzene rings is 1. The monoisotopic (exact) mass is 420 g/mol. The molecule has 0 radical (unpaired) electrons. The Morgan fingerprint density at radius 3 is 2.62 bits per heavy atom. The maximum atomic E-state index is 14.3. The van der Waals surface area contributed by atoms with Gasteiger partial charge in [0, 0.05) is 18.0 Å². The first-order valence-corrected chi connectivity index (χ1v) is 10.4. The van der Waals surface area contributed by atoms with E-state index in [1.54, 1.807) is 6.07 Å². The molecule has 0 atom stereocenters. The van der Waals surface area contributed by atoms with E-state index >= 15 is 0 Å². The third kappa shape index (κ3) is 3.52. The second-order valence-corrected chi connectivity index (χ2v) is 8.94. The summed E-state index contributed by atoms with van der Waals surface area (Å²) >= 11 is 0.961. The van der Waals surface area contributed by atoms with E-state index in [1.807, 2.05) is 4.90 Å². The standard InChI is InChI=1S/C20H22F2N4O2S/c1-3-19(2)7-9-26(10-8-19)16-17(27)25-14(11-23-16)29-13-6-4-5-12-15(13)20(21,22)18(28)24-12/h4-6,11H,3,7-10H2,1-2H3,(H,24,28)(H,25,27). The number of aromatic nitrogens is 2. The predicted octanol–water partition coefficient (Wildman–Crippen LogP) is 3.98. The summed E-state index contributed by atoms with van der Waals surface area (Å²) in [5, 5.41) is 2.54. The number of hydrogen-bond acceptors (Lipinski definition) is 5. The normalized spacial score (nSPS) is 19.7. The molecule has 1 fully saturated rings. The highest BCUT2D eigenvalue weighted by atomic mass is 32.2. The average molecular weight is 420 g/mol. The predicted molar refractivity (Wildman–Crippen MR) is 108 cm³/mol. The summed E-state index contributed by atoms with van der Waals surface area (Å²) < 4.78 is 28.5. The largest absolute Gasteiger partial charge is 0.353 e. The maximum absolute atomic E-state index is 14.3. The van der Waals surface area contributed by atoms with Crippen LogP contribution in [0.2, 0.25) is 0 Å². The van der Waals surface area contributed by atoms with Crippen molar-refractivity contribution in [2.75, 3.05) is 23.3 Å². The number of carbonyl (C=O) groups is 1. The van der Waals surface area contributed by atoms with Crippen LogP contribution in [0.1, 0.15) is 38.7 Å². The molecule has 154 valence electrons. The van der Waals surface area contributed by atoms with Gasteiger partial charge < -0.3 is 15.2 Å². The number of amides is 1. The van der Waals surface area contributed by atoms with Crippen LogP contribution in [-0.2, 0) is 10.7 Å². The van der Waals surface area contributed by atoms with Crippen LogP contribution in [0, 0.1) is 5.41 Å². The Kier molecular flexibility index (Phi) is 4.88.